The van der Waals surface area contributed by atoms with Gasteiger partial charge in [0, 0.05) is 20.3 Å². The third-order valence-corrected chi connectivity index (χ3v) is 1.63. The normalized spacial score (nSPS) is 8.29. The van der Waals surface area contributed by atoms with Crippen LogP contribution in [0.5, 0.6) is 0 Å². The highest BCUT2D eigenvalue weighted by atomic mass is 16.7. The third kappa shape index (κ3) is 7.37. The molecule has 0 aromatic rings. The predicted molar refractivity (Wildman–Crippen MR) is 57.0 cm³/mol. The van der Waals surface area contributed by atoms with Crippen molar-refractivity contribution in [2.75, 3.05) is 0 Å². The zero-order chi connectivity index (χ0) is 10.6. The SMILES string of the molecule is CC#COC(CCCCC)OC#CC. The van der Waals surface area contributed by atoms with E-state index in [0.717, 1.165) is 12.8 Å². The topological polar surface area (TPSA) is 18.5 Å². The zero-order valence-corrected chi connectivity index (χ0v) is 9.22. The van der Waals surface area contributed by atoms with Gasteiger partial charge in [0.25, 0.3) is 6.29 Å². The van der Waals surface area contributed by atoms with Gasteiger partial charge in [-0.05, 0) is 6.42 Å². The minimum Gasteiger partial charge on any atom is -0.404 e. The second-order valence-corrected chi connectivity index (χ2v) is 2.87. The molecular formula is C12H18O2. The van der Waals surface area contributed by atoms with Crippen LogP contribution in [-0.4, -0.2) is 6.29 Å². The molecule has 0 spiro atoms. The molecule has 2 nitrogen and oxygen atoms in total. The van der Waals surface area contributed by atoms with E-state index in [2.05, 4.69) is 31.0 Å². The van der Waals surface area contributed by atoms with Gasteiger partial charge in [-0.3, -0.25) is 0 Å². The first-order valence-electron chi connectivity index (χ1n) is 5.00. The lowest BCUT2D eigenvalue weighted by Gasteiger charge is -2.11. The van der Waals surface area contributed by atoms with Crippen LogP contribution in [0.4, 0.5) is 0 Å². The van der Waals surface area contributed by atoms with Crippen molar-refractivity contribution >= 4 is 0 Å². The van der Waals surface area contributed by atoms with Gasteiger partial charge in [0.05, 0.1) is 0 Å². The van der Waals surface area contributed by atoms with Crippen LogP contribution in [0, 0.1) is 24.1 Å². The molecule has 0 aliphatic carbocycles. The smallest absolute Gasteiger partial charge is 0.261 e. The summed E-state index contributed by atoms with van der Waals surface area (Å²) in [6, 6.07) is 0. The molecule has 0 aliphatic heterocycles. The Labute approximate surface area is 87.0 Å². The molecule has 0 saturated heterocycles. The maximum Gasteiger partial charge on any atom is 0.261 e. The van der Waals surface area contributed by atoms with Crippen molar-refractivity contribution in [2.45, 2.75) is 52.7 Å². The summed E-state index contributed by atoms with van der Waals surface area (Å²) in [6.07, 6.45) is 9.07. The van der Waals surface area contributed by atoms with Gasteiger partial charge in [-0.1, -0.05) is 31.6 Å². The fourth-order valence-electron chi connectivity index (χ4n) is 0.952. The summed E-state index contributed by atoms with van der Waals surface area (Å²) >= 11 is 0. The maximum atomic E-state index is 5.15. The van der Waals surface area contributed by atoms with Gasteiger partial charge >= 0.3 is 0 Å². The summed E-state index contributed by atoms with van der Waals surface area (Å²) in [5, 5.41) is 0. The summed E-state index contributed by atoms with van der Waals surface area (Å²) in [7, 11) is 0. The minimum absolute atomic E-state index is 0.304. The molecule has 78 valence electrons. The molecule has 0 heterocycles. The average molecular weight is 194 g/mol. The third-order valence-electron chi connectivity index (χ3n) is 1.63. The monoisotopic (exact) mass is 194 g/mol. The number of ether oxygens (including phenoxy) is 2. The number of hydrogen-bond acceptors (Lipinski definition) is 2. The van der Waals surface area contributed by atoms with Crippen LogP contribution < -0.4 is 0 Å². The second-order valence-electron chi connectivity index (χ2n) is 2.87. The molecule has 0 rings (SSSR count). The van der Waals surface area contributed by atoms with E-state index in [4.69, 9.17) is 9.47 Å². The Balaban J connectivity index is 3.79. The molecule has 0 aliphatic rings. The van der Waals surface area contributed by atoms with Crippen molar-refractivity contribution in [3.8, 4) is 24.1 Å². The molecule has 0 aromatic carbocycles. The van der Waals surface area contributed by atoms with E-state index in [1.165, 1.54) is 12.8 Å². The first kappa shape index (κ1) is 12.7. The van der Waals surface area contributed by atoms with E-state index in [9.17, 15) is 0 Å². The van der Waals surface area contributed by atoms with E-state index in [-0.39, 0.29) is 6.29 Å². The summed E-state index contributed by atoms with van der Waals surface area (Å²) in [5.41, 5.74) is 0. The van der Waals surface area contributed by atoms with Crippen molar-refractivity contribution in [2.24, 2.45) is 0 Å². The van der Waals surface area contributed by atoms with Crippen molar-refractivity contribution < 1.29 is 9.47 Å². The van der Waals surface area contributed by atoms with Crippen molar-refractivity contribution in [3.05, 3.63) is 0 Å². The molecule has 0 aromatic heterocycles. The Kier molecular flexibility index (Phi) is 8.91. The molecule has 2 heteroatoms. The van der Waals surface area contributed by atoms with Gasteiger partial charge in [0.1, 0.15) is 12.2 Å². The first-order chi connectivity index (χ1) is 6.85. The lowest BCUT2D eigenvalue weighted by atomic mass is 10.2. The van der Waals surface area contributed by atoms with Crippen LogP contribution in [0.25, 0.3) is 0 Å². The van der Waals surface area contributed by atoms with Crippen LogP contribution in [-0.2, 0) is 9.47 Å². The standard InChI is InChI=1S/C12H18O2/c1-4-7-8-9-12(13-10-5-2)14-11-6-3/h12H,4,7-9H2,1-3H3. The first-order valence-corrected chi connectivity index (χ1v) is 5.00. The Morgan fingerprint density at radius 1 is 1.00 bits per heavy atom. The highest BCUT2D eigenvalue weighted by Gasteiger charge is 2.07. The Morgan fingerprint density at radius 3 is 2.00 bits per heavy atom. The summed E-state index contributed by atoms with van der Waals surface area (Å²) in [6.45, 7) is 5.62. The highest BCUT2D eigenvalue weighted by molar-refractivity contribution is 4.88. The van der Waals surface area contributed by atoms with Crippen LogP contribution in [0.1, 0.15) is 46.5 Å². The van der Waals surface area contributed by atoms with Crippen LogP contribution in [0.15, 0.2) is 0 Å². The van der Waals surface area contributed by atoms with E-state index < -0.39 is 0 Å². The van der Waals surface area contributed by atoms with Gasteiger partial charge < -0.3 is 9.47 Å². The van der Waals surface area contributed by atoms with Crippen LogP contribution in [0.3, 0.4) is 0 Å². The van der Waals surface area contributed by atoms with Gasteiger partial charge in [-0.15, -0.1) is 0 Å². The lowest BCUT2D eigenvalue weighted by Crippen LogP contribution is -2.12. The second kappa shape index (κ2) is 9.81. The molecule has 0 unspecified atom stereocenters. The van der Waals surface area contributed by atoms with E-state index in [1.54, 1.807) is 13.8 Å². The Hall–Kier alpha value is -1.28. The molecule has 14 heavy (non-hydrogen) atoms. The van der Waals surface area contributed by atoms with E-state index in [1.807, 2.05) is 0 Å². The molecule has 0 saturated carbocycles. The molecule has 0 radical (unpaired) electrons. The average Bonchev–Trinajstić information content (AvgIpc) is 2.21. The number of unbranched alkanes of at least 4 members (excludes halogenated alkanes) is 2. The Bertz CT molecular complexity index is 215. The molecule has 0 atom stereocenters. The predicted octanol–water partition coefficient (Wildman–Crippen LogP) is 2.89. The van der Waals surface area contributed by atoms with Crippen molar-refractivity contribution in [1.29, 1.82) is 0 Å². The van der Waals surface area contributed by atoms with E-state index >= 15 is 0 Å². The summed E-state index contributed by atoms with van der Waals surface area (Å²) < 4.78 is 10.3. The van der Waals surface area contributed by atoms with Crippen LogP contribution in [0.2, 0.25) is 0 Å². The van der Waals surface area contributed by atoms with Crippen LogP contribution >= 0.6 is 0 Å². The molecule has 0 N–H and O–H groups in total. The zero-order valence-electron chi connectivity index (χ0n) is 9.22. The highest BCUT2D eigenvalue weighted by Crippen LogP contribution is 2.07. The van der Waals surface area contributed by atoms with Gasteiger partial charge in [0.2, 0.25) is 0 Å². The fraction of sp³-hybridized carbons (Fsp3) is 0.667. The summed E-state index contributed by atoms with van der Waals surface area (Å²) in [5.74, 6) is 5.33. The quantitative estimate of drug-likeness (QED) is 0.368. The minimum atomic E-state index is -0.304. The van der Waals surface area contributed by atoms with Crippen molar-refractivity contribution in [3.63, 3.8) is 0 Å². The van der Waals surface area contributed by atoms with E-state index in [0.29, 0.717) is 0 Å². The van der Waals surface area contributed by atoms with Gasteiger partial charge in [0.15, 0.2) is 0 Å². The molecule has 0 bridgehead atoms. The maximum absolute atomic E-state index is 5.15. The largest absolute Gasteiger partial charge is 0.404 e. The number of rotatable bonds is 6. The van der Waals surface area contributed by atoms with Gasteiger partial charge in [-0.2, -0.15) is 0 Å². The molecular weight excluding hydrogens is 176 g/mol. The van der Waals surface area contributed by atoms with Crippen molar-refractivity contribution in [1.82, 2.24) is 0 Å². The molecule has 0 fully saturated rings. The Morgan fingerprint density at radius 2 is 1.57 bits per heavy atom. The fourth-order valence-corrected chi connectivity index (χ4v) is 0.952. The molecule has 0 amide bonds. The lowest BCUT2D eigenvalue weighted by molar-refractivity contribution is -0.0460. The summed E-state index contributed by atoms with van der Waals surface area (Å²) in [4.78, 5) is 0. The van der Waals surface area contributed by atoms with Gasteiger partial charge in [-0.25, -0.2) is 0 Å². The number of hydrogen-bond donors (Lipinski definition) is 0.